The maximum atomic E-state index is 2.39. The summed E-state index contributed by atoms with van der Waals surface area (Å²) < 4.78 is 0. The number of allylic oxidation sites excluding steroid dienone is 18. The largest absolute Gasteiger partial charge is 0.0851 e. The van der Waals surface area contributed by atoms with Crippen LogP contribution in [0.5, 0.6) is 0 Å². The molecule has 0 bridgehead atoms. The van der Waals surface area contributed by atoms with Crippen molar-refractivity contribution < 1.29 is 0 Å². The van der Waals surface area contributed by atoms with E-state index in [1.165, 1.54) is 43.3 Å². The minimum atomic E-state index is 0.716. The van der Waals surface area contributed by atoms with Crippen molar-refractivity contribution in [3.05, 3.63) is 107 Å². The van der Waals surface area contributed by atoms with Gasteiger partial charge in [0.1, 0.15) is 0 Å². The van der Waals surface area contributed by atoms with Crippen molar-refractivity contribution in [3.8, 4) is 0 Å². The number of hydrogen-bond acceptors (Lipinski definition) is 0. The predicted molar refractivity (Wildman–Crippen MR) is 183 cm³/mol. The van der Waals surface area contributed by atoms with Crippen LogP contribution in [0, 0.1) is 29.6 Å². The Labute approximate surface area is 250 Å². The van der Waals surface area contributed by atoms with Crippen LogP contribution < -0.4 is 0 Å². The molecule has 0 heterocycles. The van der Waals surface area contributed by atoms with E-state index in [0.29, 0.717) is 11.8 Å². The Kier molecular flexibility index (Phi) is 18.3. The molecular formula is C40H62. The van der Waals surface area contributed by atoms with Crippen LogP contribution in [0.3, 0.4) is 0 Å². The van der Waals surface area contributed by atoms with Crippen LogP contribution in [0.2, 0.25) is 0 Å². The molecule has 0 heteroatoms. The molecule has 5 rings (SSSR count). The zero-order chi connectivity index (χ0) is 29.9. The third-order valence-electron chi connectivity index (χ3n) is 7.83. The van der Waals surface area contributed by atoms with Gasteiger partial charge < -0.3 is 0 Å². The Bertz CT molecular complexity index is 910. The summed E-state index contributed by atoms with van der Waals surface area (Å²) in [6.07, 6.45) is 37.6. The molecule has 0 nitrogen and oxygen atoms in total. The minimum Gasteiger partial charge on any atom is -0.0851 e. The number of hydrogen-bond donors (Lipinski definition) is 0. The smallest absolute Gasteiger partial charge is 0.0130 e. The van der Waals surface area contributed by atoms with Gasteiger partial charge in [-0.2, -0.15) is 0 Å². The molecule has 0 saturated carbocycles. The van der Waals surface area contributed by atoms with Gasteiger partial charge in [-0.3, -0.25) is 0 Å². The van der Waals surface area contributed by atoms with Crippen molar-refractivity contribution in [3.63, 3.8) is 0 Å². The summed E-state index contributed by atoms with van der Waals surface area (Å²) in [4.78, 5) is 0. The van der Waals surface area contributed by atoms with E-state index in [1.54, 1.807) is 16.7 Å². The van der Waals surface area contributed by atoms with Crippen LogP contribution in [-0.4, -0.2) is 0 Å². The Morgan fingerprint density at radius 2 is 0.900 bits per heavy atom. The van der Waals surface area contributed by atoms with E-state index in [4.69, 9.17) is 0 Å². The fourth-order valence-electron chi connectivity index (χ4n) is 4.81. The molecule has 5 aliphatic rings. The van der Waals surface area contributed by atoms with Gasteiger partial charge in [0.25, 0.3) is 0 Å². The molecule has 5 aliphatic carbocycles. The summed E-state index contributed by atoms with van der Waals surface area (Å²) in [6, 6.07) is 0. The molecular weight excluding hydrogens is 480 g/mol. The predicted octanol–water partition coefficient (Wildman–Crippen LogP) is 12.9. The van der Waals surface area contributed by atoms with Gasteiger partial charge in [0.2, 0.25) is 0 Å². The van der Waals surface area contributed by atoms with Crippen LogP contribution >= 0.6 is 0 Å². The molecule has 0 aromatic heterocycles. The number of rotatable bonds is 5. The fraction of sp³-hybridized carbons (Fsp3) is 0.550. The first-order valence-electron chi connectivity index (χ1n) is 16.2. The Hall–Kier alpha value is -2.34. The maximum absolute atomic E-state index is 2.39. The van der Waals surface area contributed by atoms with E-state index < -0.39 is 0 Å². The van der Waals surface area contributed by atoms with Gasteiger partial charge in [-0.1, -0.05) is 165 Å². The van der Waals surface area contributed by atoms with E-state index in [9.17, 15) is 0 Å². The highest BCUT2D eigenvalue weighted by atomic mass is 14.1. The fourth-order valence-corrected chi connectivity index (χ4v) is 4.81. The lowest BCUT2D eigenvalue weighted by Crippen LogP contribution is -1.88. The van der Waals surface area contributed by atoms with Gasteiger partial charge in [0.05, 0.1) is 0 Å². The lowest BCUT2D eigenvalue weighted by molar-refractivity contribution is 0.726. The topological polar surface area (TPSA) is 0 Å². The SMILES string of the molecule is CC(C)C1=CC=CC1.CC(C)C1=CC=CC1.CC(C)C1=CCC=C1.CC(C)C1=CCC=C1.CC(C)C1=CCCC1. The van der Waals surface area contributed by atoms with Gasteiger partial charge in [-0.25, -0.2) is 0 Å². The van der Waals surface area contributed by atoms with Crippen LogP contribution in [0.25, 0.3) is 0 Å². The van der Waals surface area contributed by atoms with Crippen molar-refractivity contribution in [2.45, 2.75) is 114 Å². The van der Waals surface area contributed by atoms with E-state index in [0.717, 1.165) is 30.6 Å². The Balaban J connectivity index is 0.000000250. The van der Waals surface area contributed by atoms with Gasteiger partial charge >= 0.3 is 0 Å². The standard InChI is InChI=1S/C8H14.4C8H12/c5*1-7(2)8-5-3-4-6-8/h5,7H,3-4,6H2,1-2H3;2*3,5-7H,4H2,1-2H3;2*3-5,7H,6H2,1-2H3. The first-order valence-corrected chi connectivity index (χ1v) is 16.2. The van der Waals surface area contributed by atoms with Gasteiger partial charge in [0.15, 0.2) is 0 Å². The molecule has 0 fully saturated rings. The molecule has 0 N–H and O–H groups in total. The molecule has 0 radical (unpaired) electrons. The highest BCUT2D eigenvalue weighted by Gasteiger charge is 2.06. The summed E-state index contributed by atoms with van der Waals surface area (Å²) in [5.41, 5.74) is 7.77. The second kappa shape index (κ2) is 20.5. The Morgan fingerprint density at radius 1 is 0.475 bits per heavy atom. The summed E-state index contributed by atoms with van der Waals surface area (Å²) >= 11 is 0. The van der Waals surface area contributed by atoms with Crippen LogP contribution in [-0.2, 0) is 0 Å². The van der Waals surface area contributed by atoms with Crippen LogP contribution in [0.15, 0.2) is 107 Å². The molecule has 0 atom stereocenters. The van der Waals surface area contributed by atoms with E-state index in [2.05, 4.69) is 148 Å². The molecule has 0 amide bonds. The lowest BCUT2D eigenvalue weighted by Gasteiger charge is -2.02. The first-order chi connectivity index (χ1) is 19.0. The van der Waals surface area contributed by atoms with Crippen molar-refractivity contribution in [1.82, 2.24) is 0 Å². The second-order valence-electron chi connectivity index (χ2n) is 12.9. The van der Waals surface area contributed by atoms with Crippen molar-refractivity contribution in [2.24, 2.45) is 29.6 Å². The van der Waals surface area contributed by atoms with E-state index in [1.807, 2.05) is 0 Å². The van der Waals surface area contributed by atoms with Crippen LogP contribution in [0.1, 0.15) is 114 Å². The van der Waals surface area contributed by atoms with E-state index >= 15 is 0 Å². The molecule has 0 saturated heterocycles. The quantitative estimate of drug-likeness (QED) is 0.303. The van der Waals surface area contributed by atoms with Gasteiger partial charge in [-0.15, -0.1) is 0 Å². The highest BCUT2D eigenvalue weighted by Crippen LogP contribution is 2.24. The summed E-state index contributed by atoms with van der Waals surface area (Å²) in [5, 5.41) is 0. The molecule has 40 heavy (non-hydrogen) atoms. The van der Waals surface area contributed by atoms with Crippen LogP contribution in [0.4, 0.5) is 0 Å². The molecule has 0 aliphatic heterocycles. The molecule has 222 valence electrons. The maximum Gasteiger partial charge on any atom is -0.0130 e. The summed E-state index contributed by atoms with van der Waals surface area (Å²) in [5.74, 6) is 3.72. The molecule has 0 aromatic rings. The molecule has 0 spiro atoms. The monoisotopic (exact) mass is 542 g/mol. The minimum absolute atomic E-state index is 0.716. The Morgan fingerprint density at radius 3 is 1.05 bits per heavy atom. The molecule has 0 unspecified atom stereocenters. The molecule has 0 aromatic carbocycles. The third-order valence-corrected chi connectivity index (χ3v) is 7.83. The van der Waals surface area contributed by atoms with E-state index in [-0.39, 0.29) is 0 Å². The zero-order valence-corrected chi connectivity index (χ0v) is 27.8. The van der Waals surface area contributed by atoms with Gasteiger partial charge in [-0.05, 0) is 85.7 Å². The normalized spacial score (nSPS) is 18.0. The van der Waals surface area contributed by atoms with Gasteiger partial charge in [0, 0.05) is 0 Å². The first kappa shape index (κ1) is 35.7. The summed E-state index contributed by atoms with van der Waals surface area (Å²) in [7, 11) is 0. The average Bonchev–Trinajstić information content (AvgIpc) is 3.74. The zero-order valence-electron chi connectivity index (χ0n) is 27.8. The van der Waals surface area contributed by atoms with Crippen molar-refractivity contribution in [2.75, 3.05) is 0 Å². The second-order valence-corrected chi connectivity index (χ2v) is 12.9. The van der Waals surface area contributed by atoms with Crippen molar-refractivity contribution >= 4 is 0 Å². The third kappa shape index (κ3) is 15.4. The summed E-state index contributed by atoms with van der Waals surface area (Å²) in [6.45, 7) is 22.4. The lowest BCUT2D eigenvalue weighted by atomic mass is 10.0. The van der Waals surface area contributed by atoms with Crippen molar-refractivity contribution in [1.29, 1.82) is 0 Å². The highest BCUT2D eigenvalue weighted by molar-refractivity contribution is 5.28. The average molecular weight is 543 g/mol.